The van der Waals surface area contributed by atoms with Crippen molar-refractivity contribution < 1.29 is 0 Å². The number of likely N-dealkylation sites (N-methyl/N-ethyl adjacent to an activating group) is 1. The third-order valence-electron chi connectivity index (χ3n) is 1.95. The molecule has 0 radical (unpaired) electrons. The predicted octanol–water partition coefficient (Wildman–Crippen LogP) is 1.85. The van der Waals surface area contributed by atoms with Gasteiger partial charge in [-0.1, -0.05) is 6.92 Å². The van der Waals surface area contributed by atoms with Gasteiger partial charge in [0, 0.05) is 30.5 Å². The zero-order valence-corrected chi connectivity index (χ0v) is 10.8. The summed E-state index contributed by atoms with van der Waals surface area (Å²) in [5, 5.41) is 4.29. The van der Waals surface area contributed by atoms with Crippen LogP contribution in [0.15, 0.2) is 0 Å². The highest BCUT2D eigenvalue weighted by atomic mass is 32.1. The minimum atomic E-state index is 0.405. The number of aryl methyl sites for hydroxylation is 1. The SMILES string of the molecule is CCCc1nsc(NC(C)CN(C)C)n1. The molecule has 1 rings (SSSR count). The van der Waals surface area contributed by atoms with Crippen LogP contribution in [0.3, 0.4) is 0 Å². The molecule has 0 saturated heterocycles. The molecule has 1 aromatic heterocycles. The molecule has 5 heteroatoms. The number of hydrogen-bond donors (Lipinski definition) is 1. The summed E-state index contributed by atoms with van der Waals surface area (Å²) >= 11 is 1.45. The van der Waals surface area contributed by atoms with Crippen LogP contribution in [0.1, 0.15) is 26.1 Å². The molecule has 15 heavy (non-hydrogen) atoms. The first-order valence-corrected chi connectivity index (χ1v) is 6.13. The Bertz CT molecular complexity index is 285. The van der Waals surface area contributed by atoms with Crippen LogP contribution in [0.4, 0.5) is 5.13 Å². The normalized spacial score (nSPS) is 13.1. The number of anilines is 1. The van der Waals surface area contributed by atoms with Crippen LogP contribution < -0.4 is 5.32 Å². The lowest BCUT2D eigenvalue weighted by molar-refractivity contribution is 0.392. The highest BCUT2D eigenvalue weighted by Crippen LogP contribution is 2.13. The monoisotopic (exact) mass is 228 g/mol. The summed E-state index contributed by atoms with van der Waals surface area (Å²) in [5.74, 6) is 0.960. The van der Waals surface area contributed by atoms with Crippen LogP contribution in [0.25, 0.3) is 0 Å². The minimum absolute atomic E-state index is 0.405. The Morgan fingerprint density at radius 1 is 1.47 bits per heavy atom. The molecule has 0 spiro atoms. The number of nitrogens with zero attached hydrogens (tertiary/aromatic N) is 3. The quantitative estimate of drug-likeness (QED) is 0.807. The van der Waals surface area contributed by atoms with Gasteiger partial charge in [0.25, 0.3) is 0 Å². The second-order valence-corrected chi connectivity index (χ2v) is 4.83. The fourth-order valence-electron chi connectivity index (χ4n) is 1.44. The molecule has 0 aliphatic heterocycles. The Labute approximate surface area is 95.9 Å². The van der Waals surface area contributed by atoms with E-state index in [2.05, 4.69) is 47.5 Å². The Morgan fingerprint density at radius 3 is 2.80 bits per heavy atom. The third-order valence-corrected chi connectivity index (χ3v) is 2.63. The first kappa shape index (κ1) is 12.4. The molecular weight excluding hydrogens is 208 g/mol. The van der Waals surface area contributed by atoms with Gasteiger partial charge in [-0.25, -0.2) is 4.98 Å². The lowest BCUT2D eigenvalue weighted by atomic mass is 10.3. The standard InChI is InChI=1S/C10H20N4S/c1-5-6-9-12-10(15-13-9)11-8(2)7-14(3)4/h8H,5-7H2,1-4H3,(H,11,12,13). The summed E-state index contributed by atoms with van der Waals surface area (Å²) in [7, 11) is 4.14. The van der Waals surface area contributed by atoms with Crippen molar-refractivity contribution in [2.45, 2.75) is 32.7 Å². The predicted molar refractivity (Wildman–Crippen MR) is 65.5 cm³/mol. The van der Waals surface area contributed by atoms with Gasteiger partial charge in [0.2, 0.25) is 5.13 Å². The second-order valence-electron chi connectivity index (χ2n) is 4.07. The average Bonchev–Trinajstić information content (AvgIpc) is 2.51. The summed E-state index contributed by atoms with van der Waals surface area (Å²) < 4.78 is 4.29. The van der Waals surface area contributed by atoms with Crippen molar-refractivity contribution in [2.24, 2.45) is 0 Å². The van der Waals surface area contributed by atoms with Gasteiger partial charge < -0.3 is 10.2 Å². The van der Waals surface area contributed by atoms with E-state index >= 15 is 0 Å². The maximum Gasteiger partial charge on any atom is 0.202 e. The van der Waals surface area contributed by atoms with E-state index in [1.54, 1.807) is 0 Å². The van der Waals surface area contributed by atoms with Gasteiger partial charge in [0.15, 0.2) is 0 Å². The van der Waals surface area contributed by atoms with Crippen molar-refractivity contribution in [3.05, 3.63) is 5.82 Å². The molecule has 1 N–H and O–H groups in total. The van der Waals surface area contributed by atoms with E-state index < -0.39 is 0 Å². The molecule has 0 aromatic carbocycles. The molecular formula is C10H20N4S. The lowest BCUT2D eigenvalue weighted by Gasteiger charge is -2.17. The number of hydrogen-bond acceptors (Lipinski definition) is 5. The highest BCUT2D eigenvalue weighted by Gasteiger charge is 2.07. The van der Waals surface area contributed by atoms with Gasteiger partial charge in [-0.15, -0.1) is 0 Å². The van der Waals surface area contributed by atoms with Gasteiger partial charge in [-0.3, -0.25) is 0 Å². The van der Waals surface area contributed by atoms with Gasteiger partial charge in [-0.05, 0) is 27.4 Å². The number of rotatable bonds is 6. The van der Waals surface area contributed by atoms with Crippen molar-refractivity contribution in [3.63, 3.8) is 0 Å². The minimum Gasteiger partial charge on any atom is -0.357 e. The van der Waals surface area contributed by atoms with E-state index in [0.29, 0.717) is 6.04 Å². The molecule has 0 amide bonds. The van der Waals surface area contributed by atoms with Gasteiger partial charge >= 0.3 is 0 Å². The van der Waals surface area contributed by atoms with Crippen LogP contribution in [-0.4, -0.2) is 40.9 Å². The molecule has 0 aliphatic rings. The van der Waals surface area contributed by atoms with Crippen molar-refractivity contribution in [3.8, 4) is 0 Å². The fraction of sp³-hybridized carbons (Fsp3) is 0.800. The largest absolute Gasteiger partial charge is 0.357 e. The Kier molecular flexibility index (Phi) is 4.98. The van der Waals surface area contributed by atoms with E-state index in [4.69, 9.17) is 0 Å². The van der Waals surface area contributed by atoms with Crippen LogP contribution >= 0.6 is 11.5 Å². The first-order valence-electron chi connectivity index (χ1n) is 5.35. The van der Waals surface area contributed by atoms with Crippen molar-refractivity contribution in [2.75, 3.05) is 26.0 Å². The Hall–Kier alpha value is -0.680. The number of nitrogens with one attached hydrogen (secondary N) is 1. The molecule has 0 bridgehead atoms. The lowest BCUT2D eigenvalue weighted by Crippen LogP contribution is -2.29. The topological polar surface area (TPSA) is 41.1 Å². The summed E-state index contributed by atoms with van der Waals surface area (Å²) in [6, 6.07) is 0.405. The average molecular weight is 228 g/mol. The molecule has 86 valence electrons. The zero-order chi connectivity index (χ0) is 11.3. The molecule has 1 atom stereocenters. The first-order chi connectivity index (χ1) is 7.11. The van der Waals surface area contributed by atoms with Crippen molar-refractivity contribution in [1.29, 1.82) is 0 Å². The van der Waals surface area contributed by atoms with Gasteiger partial charge in [0.1, 0.15) is 5.82 Å². The number of aromatic nitrogens is 2. The Morgan fingerprint density at radius 2 is 2.20 bits per heavy atom. The van der Waals surface area contributed by atoms with Crippen LogP contribution in [-0.2, 0) is 6.42 Å². The van der Waals surface area contributed by atoms with Crippen molar-refractivity contribution in [1.82, 2.24) is 14.3 Å². The molecule has 4 nitrogen and oxygen atoms in total. The molecule has 0 saturated carbocycles. The van der Waals surface area contributed by atoms with E-state index in [0.717, 1.165) is 30.3 Å². The summed E-state index contributed by atoms with van der Waals surface area (Å²) in [4.78, 5) is 6.58. The second kappa shape index (κ2) is 6.02. The van der Waals surface area contributed by atoms with E-state index in [-0.39, 0.29) is 0 Å². The zero-order valence-electron chi connectivity index (χ0n) is 9.95. The highest BCUT2D eigenvalue weighted by molar-refractivity contribution is 7.09. The smallest absolute Gasteiger partial charge is 0.202 e. The summed E-state index contributed by atoms with van der Waals surface area (Å²) in [5.41, 5.74) is 0. The molecule has 0 aliphatic carbocycles. The summed E-state index contributed by atoms with van der Waals surface area (Å²) in [6.07, 6.45) is 2.07. The molecule has 0 fully saturated rings. The van der Waals surface area contributed by atoms with Crippen LogP contribution in [0.2, 0.25) is 0 Å². The van der Waals surface area contributed by atoms with E-state index in [1.165, 1.54) is 11.5 Å². The van der Waals surface area contributed by atoms with E-state index in [1.807, 2.05) is 0 Å². The van der Waals surface area contributed by atoms with Gasteiger partial charge in [-0.2, -0.15) is 4.37 Å². The summed E-state index contributed by atoms with van der Waals surface area (Å²) in [6.45, 7) is 5.30. The van der Waals surface area contributed by atoms with Crippen LogP contribution in [0, 0.1) is 0 Å². The fourth-order valence-corrected chi connectivity index (χ4v) is 2.17. The molecule has 1 heterocycles. The maximum absolute atomic E-state index is 4.43. The molecule has 1 unspecified atom stereocenters. The third kappa shape index (κ3) is 4.57. The van der Waals surface area contributed by atoms with Crippen LogP contribution in [0.5, 0.6) is 0 Å². The van der Waals surface area contributed by atoms with E-state index in [9.17, 15) is 0 Å². The molecule has 1 aromatic rings. The Balaban J connectivity index is 2.42. The van der Waals surface area contributed by atoms with Gasteiger partial charge in [0.05, 0.1) is 0 Å². The maximum atomic E-state index is 4.43. The van der Waals surface area contributed by atoms with Crippen molar-refractivity contribution >= 4 is 16.7 Å².